The Morgan fingerprint density at radius 2 is 1.74 bits per heavy atom. The second-order valence-electron chi connectivity index (χ2n) is 6.36. The van der Waals surface area contributed by atoms with E-state index < -0.39 is 0 Å². The molecule has 1 N–H and O–H groups in total. The molecule has 0 bridgehead atoms. The summed E-state index contributed by atoms with van der Waals surface area (Å²) in [4.78, 5) is 16.6. The number of carbonyl (C=O) groups is 1. The van der Waals surface area contributed by atoms with Crippen LogP contribution in [-0.2, 0) is 22.7 Å². The van der Waals surface area contributed by atoms with Crippen molar-refractivity contribution in [3.05, 3.63) is 35.4 Å². The van der Waals surface area contributed by atoms with Gasteiger partial charge in [-0.15, -0.1) is 0 Å². The van der Waals surface area contributed by atoms with Crippen LogP contribution in [0.25, 0.3) is 0 Å². The molecule has 0 radical (unpaired) electrons. The number of benzene rings is 1. The van der Waals surface area contributed by atoms with E-state index in [1.165, 1.54) is 0 Å². The first-order valence-corrected chi connectivity index (χ1v) is 8.35. The molecular formula is C18H28N2O3. The number of ether oxygens (including phenoxy) is 1. The Balaban J connectivity index is 1.85. The first-order valence-electron chi connectivity index (χ1n) is 8.35. The predicted molar refractivity (Wildman–Crippen MR) is 89.9 cm³/mol. The van der Waals surface area contributed by atoms with E-state index in [9.17, 15) is 9.90 Å². The number of carbonyl (C=O) groups excluding carboxylic acids is 1. The Bertz CT molecular complexity index is 511. The zero-order chi connectivity index (χ0) is 16.8. The fourth-order valence-electron chi connectivity index (χ4n) is 2.96. The van der Waals surface area contributed by atoms with Crippen molar-refractivity contribution in [3.8, 4) is 0 Å². The molecule has 2 rings (SSSR count). The van der Waals surface area contributed by atoms with Crippen LogP contribution in [0.3, 0.4) is 0 Å². The molecule has 23 heavy (non-hydrogen) atoms. The van der Waals surface area contributed by atoms with Gasteiger partial charge in [0.05, 0.1) is 12.7 Å². The zero-order valence-corrected chi connectivity index (χ0v) is 14.4. The van der Waals surface area contributed by atoms with E-state index in [1.807, 2.05) is 43.9 Å². The van der Waals surface area contributed by atoms with Crippen molar-refractivity contribution >= 4 is 5.91 Å². The summed E-state index contributed by atoms with van der Waals surface area (Å²) in [6.07, 6.45) is -0.318. The Labute approximate surface area is 138 Å². The normalized spacial score (nSPS) is 17.5. The fourth-order valence-corrected chi connectivity index (χ4v) is 2.96. The van der Waals surface area contributed by atoms with Gasteiger partial charge < -0.3 is 14.7 Å². The van der Waals surface area contributed by atoms with E-state index >= 15 is 0 Å². The van der Waals surface area contributed by atoms with Gasteiger partial charge in [-0.25, -0.2) is 0 Å². The van der Waals surface area contributed by atoms with Gasteiger partial charge in [0.15, 0.2) is 0 Å². The van der Waals surface area contributed by atoms with Crippen molar-refractivity contribution in [3.63, 3.8) is 0 Å². The average Bonchev–Trinajstić information content (AvgIpc) is 2.55. The molecule has 1 aromatic carbocycles. The maximum Gasteiger partial charge on any atom is 0.251 e. The predicted octanol–water partition coefficient (Wildman–Crippen LogP) is 1.64. The van der Waals surface area contributed by atoms with Crippen molar-refractivity contribution in [1.29, 1.82) is 0 Å². The highest BCUT2D eigenvalue weighted by atomic mass is 16.5. The number of hydrogen-bond acceptors (Lipinski definition) is 4. The lowest BCUT2D eigenvalue weighted by Gasteiger charge is -2.36. The molecule has 5 heteroatoms. The van der Waals surface area contributed by atoms with Crippen LogP contribution >= 0.6 is 0 Å². The van der Waals surface area contributed by atoms with Crippen LogP contribution in [0.1, 0.15) is 31.9 Å². The minimum Gasteiger partial charge on any atom is -0.392 e. The highest BCUT2D eigenvalue weighted by Crippen LogP contribution is 2.14. The van der Waals surface area contributed by atoms with Gasteiger partial charge in [0.1, 0.15) is 6.10 Å². The van der Waals surface area contributed by atoms with Crippen LogP contribution in [0.2, 0.25) is 0 Å². The summed E-state index contributed by atoms with van der Waals surface area (Å²) in [5.41, 5.74) is 2.14. The van der Waals surface area contributed by atoms with Crippen molar-refractivity contribution in [2.75, 3.05) is 26.2 Å². The molecule has 1 saturated heterocycles. The maximum absolute atomic E-state index is 12.3. The Hall–Kier alpha value is -1.43. The molecule has 1 fully saturated rings. The van der Waals surface area contributed by atoms with Gasteiger partial charge >= 0.3 is 0 Å². The van der Waals surface area contributed by atoms with Gasteiger partial charge in [0, 0.05) is 32.7 Å². The number of nitrogens with zero attached hydrogens (tertiary/aromatic N) is 2. The van der Waals surface area contributed by atoms with E-state index in [-0.39, 0.29) is 24.7 Å². The standard InChI is InChI=1S/C18H28N2O3/c1-14(2)23-15(3)18(22)20-10-8-19(9-11-20)12-16-6-4-5-7-17(16)13-21/h4-7,14-15,21H,8-13H2,1-3H3/t15-/m1/s1. The molecule has 128 valence electrons. The van der Waals surface area contributed by atoms with Crippen LogP contribution in [0.5, 0.6) is 0 Å². The van der Waals surface area contributed by atoms with Crippen LogP contribution in [0, 0.1) is 0 Å². The maximum atomic E-state index is 12.3. The molecule has 1 heterocycles. The minimum absolute atomic E-state index is 0.0604. The summed E-state index contributed by atoms with van der Waals surface area (Å²) < 4.78 is 5.59. The zero-order valence-electron chi connectivity index (χ0n) is 14.4. The third-order valence-electron chi connectivity index (χ3n) is 4.19. The summed E-state index contributed by atoms with van der Waals surface area (Å²) in [5, 5.41) is 9.41. The molecular weight excluding hydrogens is 292 g/mol. The average molecular weight is 320 g/mol. The molecule has 1 amide bonds. The van der Waals surface area contributed by atoms with E-state index in [4.69, 9.17) is 4.74 Å². The monoisotopic (exact) mass is 320 g/mol. The third kappa shape index (κ3) is 5.03. The highest BCUT2D eigenvalue weighted by molar-refractivity contribution is 5.80. The first-order chi connectivity index (χ1) is 11.0. The van der Waals surface area contributed by atoms with Gasteiger partial charge in [-0.3, -0.25) is 9.69 Å². The Morgan fingerprint density at radius 1 is 1.13 bits per heavy atom. The second-order valence-corrected chi connectivity index (χ2v) is 6.36. The lowest BCUT2D eigenvalue weighted by atomic mass is 10.1. The van der Waals surface area contributed by atoms with E-state index in [1.54, 1.807) is 0 Å². The summed E-state index contributed by atoms with van der Waals surface area (Å²) in [5.74, 6) is 0.0779. The summed E-state index contributed by atoms with van der Waals surface area (Å²) in [6, 6.07) is 7.96. The fraction of sp³-hybridized carbons (Fsp3) is 0.611. The quantitative estimate of drug-likeness (QED) is 0.866. The van der Waals surface area contributed by atoms with Crippen molar-refractivity contribution < 1.29 is 14.6 Å². The van der Waals surface area contributed by atoms with Crippen LogP contribution in [-0.4, -0.2) is 59.2 Å². The number of rotatable bonds is 6. The topological polar surface area (TPSA) is 53.0 Å². The molecule has 1 atom stereocenters. The molecule has 1 aliphatic heterocycles. The lowest BCUT2D eigenvalue weighted by molar-refractivity contribution is -0.147. The second kappa shape index (κ2) is 8.43. The Morgan fingerprint density at radius 3 is 2.30 bits per heavy atom. The molecule has 5 nitrogen and oxygen atoms in total. The molecule has 1 aromatic rings. The molecule has 0 aliphatic carbocycles. The van der Waals surface area contributed by atoms with Crippen molar-refractivity contribution in [2.45, 2.75) is 46.1 Å². The van der Waals surface area contributed by atoms with Gasteiger partial charge in [0.25, 0.3) is 5.91 Å². The van der Waals surface area contributed by atoms with E-state index in [0.29, 0.717) is 0 Å². The number of amides is 1. The number of aliphatic hydroxyl groups excluding tert-OH is 1. The van der Waals surface area contributed by atoms with E-state index in [2.05, 4.69) is 11.0 Å². The molecule has 0 saturated carbocycles. The van der Waals surface area contributed by atoms with Crippen LogP contribution in [0.4, 0.5) is 0 Å². The van der Waals surface area contributed by atoms with Crippen LogP contribution < -0.4 is 0 Å². The lowest BCUT2D eigenvalue weighted by Crippen LogP contribution is -2.51. The largest absolute Gasteiger partial charge is 0.392 e. The summed E-state index contributed by atoms with van der Waals surface area (Å²) in [7, 11) is 0. The SMILES string of the molecule is CC(C)O[C@H](C)C(=O)N1CCN(Cc2ccccc2CO)CC1. The summed E-state index contributed by atoms with van der Waals surface area (Å²) in [6.45, 7) is 9.75. The van der Waals surface area contributed by atoms with E-state index in [0.717, 1.165) is 43.9 Å². The van der Waals surface area contributed by atoms with Crippen molar-refractivity contribution in [1.82, 2.24) is 9.80 Å². The molecule has 0 aromatic heterocycles. The summed E-state index contributed by atoms with van der Waals surface area (Å²) >= 11 is 0. The van der Waals surface area contributed by atoms with Crippen LogP contribution in [0.15, 0.2) is 24.3 Å². The van der Waals surface area contributed by atoms with Gasteiger partial charge in [0.2, 0.25) is 0 Å². The highest BCUT2D eigenvalue weighted by Gasteiger charge is 2.26. The molecule has 0 spiro atoms. The minimum atomic E-state index is -0.378. The number of hydrogen-bond donors (Lipinski definition) is 1. The Kier molecular flexibility index (Phi) is 6.57. The molecule has 0 unspecified atom stereocenters. The first kappa shape index (κ1) is 17.9. The molecule has 1 aliphatic rings. The number of aliphatic hydroxyl groups is 1. The van der Waals surface area contributed by atoms with Gasteiger partial charge in [-0.1, -0.05) is 24.3 Å². The van der Waals surface area contributed by atoms with Gasteiger partial charge in [-0.2, -0.15) is 0 Å². The van der Waals surface area contributed by atoms with Gasteiger partial charge in [-0.05, 0) is 31.9 Å². The third-order valence-corrected chi connectivity index (χ3v) is 4.19. The smallest absolute Gasteiger partial charge is 0.251 e. The number of piperazine rings is 1. The van der Waals surface area contributed by atoms with Crippen molar-refractivity contribution in [2.24, 2.45) is 0 Å².